The minimum Gasteiger partial charge on any atom is -0.381 e. The number of likely N-dealkylation sites (N-methyl/N-ethyl adjacent to an activating group) is 1. The van der Waals surface area contributed by atoms with E-state index in [0.29, 0.717) is 19.1 Å². The summed E-state index contributed by atoms with van der Waals surface area (Å²) in [6.45, 7) is 4.56. The molecule has 1 amide bonds. The first-order chi connectivity index (χ1) is 8.77. The number of rotatable bonds is 4. The van der Waals surface area contributed by atoms with Crippen LogP contribution in [0.1, 0.15) is 19.3 Å². The number of hydrogen-bond acceptors (Lipinski definition) is 4. The number of carbonyl (C=O) groups is 1. The summed E-state index contributed by atoms with van der Waals surface area (Å²) in [4.78, 5) is 14.0. The van der Waals surface area contributed by atoms with Gasteiger partial charge in [0.2, 0.25) is 5.91 Å². The predicted octanol–water partition coefficient (Wildman–Crippen LogP) is 0.250. The normalized spacial score (nSPS) is 25.9. The summed E-state index contributed by atoms with van der Waals surface area (Å²) < 4.78 is 10.7. The number of hydrogen-bond donors (Lipinski definition) is 1. The number of nitrogens with one attached hydrogen (secondary N) is 1. The lowest BCUT2D eigenvalue weighted by Gasteiger charge is -2.29. The van der Waals surface area contributed by atoms with Gasteiger partial charge in [0.25, 0.3) is 0 Å². The lowest BCUT2D eigenvalue weighted by Crippen LogP contribution is -2.51. The highest BCUT2D eigenvalue weighted by atomic mass is 16.5. The van der Waals surface area contributed by atoms with Gasteiger partial charge in [0.1, 0.15) is 6.04 Å². The molecule has 5 heteroatoms. The summed E-state index contributed by atoms with van der Waals surface area (Å²) in [5.74, 6) is 0.867. The molecule has 1 N–H and O–H groups in total. The Kier molecular flexibility index (Phi) is 5.41. The van der Waals surface area contributed by atoms with E-state index in [9.17, 15) is 4.79 Å². The monoisotopic (exact) mass is 256 g/mol. The Morgan fingerprint density at radius 3 is 2.72 bits per heavy atom. The zero-order valence-electron chi connectivity index (χ0n) is 11.2. The van der Waals surface area contributed by atoms with Gasteiger partial charge in [-0.05, 0) is 25.2 Å². The summed E-state index contributed by atoms with van der Waals surface area (Å²) in [6.07, 6.45) is 3.35. The van der Waals surface area contributed by atoms with Crippen LogP contribution in [0.5, 0.6) is 0 Å². The Morgan fingerprint density at radius 2 is 2.06 bits per heavy atom. The van der Waals surface area contributed by atoms with E-state index in [1.54, 1.807) is 0 Å². The fraction of sp³-hybridized carbons (Fsp3) is 0.923. The molecule has 0 saturated carbocycles. The summed E-state index contributed by atoms with van der Waals surface area (Å²) in [5.41, 5.74) is 0. The van der Waals surface area contributed by atoms with E-state index in [1.165, 1.54) is 0 Å². The van der Waals surface area contributed by atoms with Gasteiger partial charge >= 0.3 is 0 Å². The third kappa shape index (κ3) is 3.93. The number of morpholine rings is 1. The lowest BCUT2D eigenvalue weighted by atomic mass is 9.96. The van der Waals surface area contributed by atoms with Crippen molar-refractivity contribution >= 4 is 5.91 Å². The molecule has 2 saturated heterocycles. The van der Waals surface area contributed by atoms with E-state index in [4.69, 9.17) is 9.47 Å². The van der Waals surface area contributed by atoms with Gasteiger partial charge in [0.15, 0.2) is 0 Å². The molecular formula is C13H24N2O3. The van der Waals surface area contributed by atoms with Gasteiger partial charge in [-0.3, -0.25) is 4.79 Å². The third-order valence-electron chi connectivity index (χ3n) is 3.81. The van der Waals surface area contributed by atoms with Crippen LogP contribution in [0.25, 0.3) is 0 Å². The van der Waals surface area contributed by atoms with Gasteiger partial charge in [-0.15, -0.1) is 0 Å². The van der Waals surface area contributed by atoms with Crippen LogP contribution in [-0.2, 0) is 14.3 Å². The van der Waals surface area contributed by atoms with Gasteiger partial charge in [0, 0.05) is 33.4 Å². The maximum atomic E-state index is 12.1. The second-order valence-corrected chi connectivity index (χ2v) is 5.19. The van der Waals surface area contributed by atoms with Crippen LogP contribution in [0.2, 0.25) is 0 Å². The maximum absolute atomic E-state index is 12.1. The van der Waals surface area contributed by atoms with Crippen molar-refractivity contribution in [1.82, 2.24) is 10.2 Å². The van der Waals surface area contributed by atoms with Crippen molar-refractivity contribution in [2.75, 3.05) is 46.6 Å². The van der Waals surface area contributed by atoms with Crippen molar-refractivity contribution in [2.24, 2.45) is 5.92 Å². The molecule has 1 atom stereocenters. The third-order valence-corrected chi connectivity index (χ3v) is 3.81. The zero-order valence-corrected chi connectivity index (χ0v) is 11.2. The minimum atomic E-state index is -0.154. The van der Waals surface area contributed by atoms with Gasteiger partial charge in [-0.1, -0.05) is 0 Å². The summed E-state index contributed by atoms with van der Waals surface area (Å²) in [7, 11) is 1.89. The van der Waals surface area contributed by atoms with Gasteiger partial charge in [-0.2, -0.15) is 0 Å². The van der Waals surface area contributed by atoms with Crippen molar-refractivity contribution in [3.05, 3.63) is 0 Å². The fourth-order valence-electron chi connectivity index (χ4n) is 2.51. The molecule has 0 radical (unpaired) electrons. The largest absolute Gasteiger partial charge is 0.381 e. The maximum Gasteiger partial charge on any atom is 0.241 e. The SMILES string of the molecule is CN(CCC1CCOCC1)C(=O)C1COCCN1. The first-order valence-electron chi connectivity index (χ1n) is 6.91. The molecule has 2 aliphatic heterocycles. The second kappa shape index (κ2) is 7.07. The zero-order chi connectivity index (χ0) is 12.8. The Hall–Kier alpha value is -0.650. The standard InChI is InChI=1S/C13H24N2O3/c1-15(6-2-11-3-7-17-8-4-11)13(16)12-10-18-9-5-14-12/h11-12,14H,2-10H2,1H3. The molecule has 0 aliphatic carbocycles. The summed E-state index contributed by atoms with van der Waals surface area (Å²) in [6, 6.07) is -0.154. The molecule has 2 heterocycles. The topological polar surface area (TPSA) is 50.8 Å². The average molecular weight is 256 g/mol. The van der Waals surface area contributed by atoms with E-state index < -0.39 is 0 Å². The van der Waals surface area contributed by atoms with E-state index >= 15 is 0 Å². The number of nitrogens with zero attached hydrogens (tertiary/aromatic N) is 1. The molecule has 5 nitrogen and oxygen atoms in total. The smallest absolute Gasteiger partial charge is 0.241 e. The summed E-state index contributed by atoms with van der Waals surface area (Å²) in [5, 5.41) is 3.20. The van der Waals surface area contributed by atoms with Crippen LogP contribution < -0.4 is 5.32 Å². The van der Waals surface area contributed by atoms with Crippen molar-refractivity contribution in [3.63, 3.8) is 0 Å². The van der Waals surface area contributed by atoms with Crippen molar-refractivity contribution in [2.45, 2.75) is 25.3 Å². The van der Waals surface area contributed by atoms with E-state index in [1.807, 2.05) is 11.9 Å². The van der Waals surface area contributed by atoms with Gasteiger partial charge in [0.05, 0.1) is 13.2 Å². The van der Waals surface area contributed by atoms with Gasteiger partial charge < -0.3 is 19.7 Å². The first kappa shape index (κ1) is 13.8. The fourth-order valence-corrected chi connectivity index (χ4v) is 2.51. The highest BCUT2D eigenvalue weighted by Crippen LogP contribution is 2.18. The molecule has 0 aromatic heterocycles. The Bertz CT molecular complexity index is 261. The highest BCUT2D eigenvalue weighted by Gasteiger charge is 2.24. The second-order valence-electron chi connectivity index (χ2n) is 5.19. The van der Waals surface area contributed by atoms with Gasteiger partial charge in [-0.25, -0.2) is 0 Å². The highest BCUT2D eigenvalue weighted by molar-refractivity contribution is 5.81. The van der Waals surface area contributed by atoms with Crippen LogP contribution in [0, 0.1) is 5.92 Å². The Morgan fingerprint density at radius 1 is 1.28 bits per heavy atom. The molecule has 2 fully saturated rings. The van der Waals surface area contributed by atoms with Crippen molar-refractivity contribution in [3.8, 4) is 0 Å². The molecule has 0 aromatic carbocycles. The van der Waals surface area contributed by atoms with Crippen molar-refractivity contribution in [1.29, 1.82) is 0 Å². The molecule has 2 aliphatic rings. The van der Waals surface area contributed by atoms with Crippen LogP contribution in [0.3, 0.4) is 0 Å². The predicted molar refractivity (Wildman–Crippen MR) is 68.4 cm³/mol. The summed E-state index contributed by atoms with van der Waals surface area (Å²) >= 11 is 0. The molecule has 0 aromatic rings. The molecule has 1 unspecified atom stereocenters. The molecule has 2 rings (SSSR count). The van der Waals surface area contributed by atoms with E-state index in [-0.39, 0.29) is 11.9 Å². The molecule has 0 bridgehead atoms. The molecule has 104 valence electrons. The van der Waals surface area contributed by atoms with E-state index in [0.717, 1.165) is 45.6 Å². The van der Waals surface area contributed by atoms with Crippen LogP contribution in [0.4, 0.5) is 0 Å². The molecule has 18 heavy (non-hydrogen) atoms. The first-order valence-corrected chi connectivity index (χ1v) is 6.91. The van der Waals surface area contributed by atoms with Crippen LogP contribution >= 0.6 is 0 Å². The van der Waals surface area contributed by atoms with E-state index in [2.05, 4.69) is 5.32 Å². The number of carbonyl (C=O) groups excluding carboxylic acids is 1. The molecular weight excluding hydrogens is 232 g/mol. The molecule has 0 spiro atoms. The number of ether oxygens (including phenoxy) is 2. The van der Waals surface area contributed by atoms with Crippen LogP contribution in [-0.4, -0.2) is 63.4 Å². The Balaban J connectivity index is 1.69. The lowest BCUT2D eigenvalue weighted by molar-refractivity contribution is -0.135. The minimum absolute atomic E-state index is 0.154. The van der Waals surface area contributed by atoms with Crippen molar-refractivity contribution < 1.29 is 14.3 Å². The average Bonchev–Trinajstić information content (AvgIpc) is 2.46. The number of amides is 1. The van der Waals surface area contributed by atoms with Crippen LogP contribution in [0.15, 0.2) is 0 Å². The Labute approximate surface area is 109 Å². The quantitative estimate of drug-likeness (QED) is 0.783.